The summed E-state index contributed by atoms with van der Waals surface area (Å²) in [5.74, 6) is -0.0869. The highest BCUT2D eigenvalue weighted by Gasteiger charge is 2.23. The van der Waals surface area contributed by atoms with Crippen LogP contribution in [0.1, 0.15) is 30.9 Å². The van der Waals surface area contributed by atoms with Crippen molar-refractivity contribution >= 4 is 11.6 Å². The molecule has 0 aliphatic rings. The lowest BCUT2D eigenvalue weighted by Gasteiger charge is -2.25. The highest BCUT2D eigenvalue weighted by atomic mass is 35.5. The van der Waals surface area contributed by atoms with Crippen molar-refractivity contribution in [2.75, 3.05) is 6.54 Å². The molecule has 0 saturated carbocycles. The molecule has 2 rings (SSSR count). The smallest absolute Gasteiger partial charge is 0.0773 e. The summed E-state index contributed by atoms with van der Waals surface area (Å²) in [6.07, 6.45) is -0.506. The third-order valence-corrected chi connectivity index (χ3v) is 3.72. The van der Waals surface area contributed by atoms with Crippen LogP contribution in [0.15, 0.2) is 54.6 Å². The molecule has 2 atom stereocenters. The van der Waals surface area contributed by atoms with Crippen molar-refractivity contribution in [3.63, 3.8) is 0 Å². The van der Waals surface area contributed by atoms with Gasteiger partial charge < -0.3 is 10.4 Å². The number of hydrogen-bond acceptors (Lipinski definition) is 2. The Balaban J connectivity index is 2.31. The van der Waals surface area contributed by atoms with E-state index in [4.69, 9.17) is 11.6 Å². The first-order valence-electron chi connectivity index (χ1n) is 7.30. The topological polar surface area (TPSA) is 32.3 Å². The molecule has 2 nitrogen and oxygen atoms in total. The van der Waals surface area contributed by atoms with Gasteiger partial charge in [0.15, 0.2) is 0 Å². The molecule has 0 bridgehead atoms. The molecule has 3 heteroatoms. The van der Waals surface area contributed by atoms with E-state index in [-0.39, 0.29) is 5.92 Å². The zero-order valence-corrected chi connectivity index (χ0v) is 13.2. The first kappa shape index (κ1) is 16.0. The van der Waals surface area contributed by atoms with E-state index >= 15 is 0 Å². The highest BCUT2D eigenvalue weighted by molar-refractivity contribution is 6.30. The second-order valence-corrected chi connectivity index (χ2v) is 6.01. The number of rotatable bonds is 6. The van der Waals surface area contributed by atoms with E-state index in [1.807, 2.05) is 54.6 Å². The Kier molecular flexibility index (Phi) is 5.80. The maximum absolute atomic E-state index is 10.7. The molecule has 0 aliphatic carbocycles. The lowest BCUT2D eigenvalue weighted by Crippen LogP contribution is -2.35. The molecule has 2 N–H and O–H groups in total. The second kappa shape index (κ2) is 7.60. The summed E-state index contributed by atoms with van der Waals surface area (Å²) in [6, 6.07) is 18.1. The molecule has 0 fully saturated rings. The Hall–Kier alpha value is -1.35. The molecule has 21 heavy (non-hydrogen) atoms. The van der Waals surface area contributed by atoms with Crippen molar-refractivity contribution in [2.24, 2.45) is 0 Å². The van der Waals surface area contributed by atoms with E-state index in [1.165, 1.54) is 0 Å². The van der Waals surface area contributed by atoms with Crippen molar-refractivity contribution in [3.8, 4) is 0 Å². The predicted molar refractivity (Wildman–Crippen MR) is 88.9 cm³/mol. The van der Waals surface area contributed by atoms with Gasteiger partial charge in [0.25, 0.3) is 0 Å². The summed E-state index contributed by atoms with van der Waals surface area (Å²) in [7, 11) is 0. The van der Waals surface area contributed by atoms with E-state index in [9.17, 15) is 5.11 Å². The molecule has 0 aliphatic heterocycles. The molecule has 0 amide bonds. The van der Waals surface area contributed by atoms with Crippen LogP contribution in [0.25, 0.3) is 0 Å². The summed E-state index contributed by atoms with van der Waals surface area (Å²) in [5, 5.41) is 14.6. The van der Waals surface area contributed by atoms with Crippen LogP contribution >= 0.6 is 11.6 Å². The minimum absolute atomic E-state index is 0.0869. The first-order chi connectivity index (χ1) is 10.1. The summed E-state index contributed by atoms with van der Waals surface area (Å²) in [4.78, 5) is 0. The van der Waals surface area contributed by atoms with Gasteiger partial charge in [0.05, 0.1) is 6.10 Å². The second-order valence-electron chi connectivity index (χ2n) is 5.57. The third-order valence-electron chi connectivity index (χ3n) is 3.49. The average Bonchev–Trinajstić information content (AvgIpc) is 2.46. The first-order valence-corrected chi connectivity index (χ1v) is 7.67. The maximum Gasteiger partial charge on any atom is 0.0773 e. The Morgan fingerprint density at radius 2 is 1.67 bits per heavy atom. The summed E-state index contributed by atoms with van der Waals surface area (Å²) in [5.41, 5.74) is 2.13. The summed E-state index contributed by atoms with van der Waals surface area (Å²) >= 11 is 6.11. The molecular weight excluding hydrogens is 282 g/mol. The fourth-order valence-electron chi connectivity index (χ4n) is 2.47. The average molecular weight is 304 g/mol. The van der Waals surface area contributed by atoms with Crippen LogP contribution in [0.2, 0.25) is 5.02 Å². The van der Waals surface area contributed by atoms with Gasteiger partial charge in [-0.15, -0.1) is 0 Å². The van der Waals surface area contributed by atoms with Crippen LogP contribution in [0.5, 0.6) is 0 Å². The zero-order chi connectivity index (χ0) is 15.2. The summed E-state index contributed by atoms with van der Waals surface area (Å²) < 4.78 is 0. The number of aliphatic hydroxyl groups is 1. The van der Waals surface area contributed by atoms with Crippen molar-refractivity contribution in [1.29, 1.82) is 0 Å². The third kappa shape index (κ3) is 4.57. The number of aliphatic hydroxyl groups excluding tert-OH is 1. The van der Waals surface area contributed by atoms with Gasteiger partial charge in [-0.3, -0.25) is 0 Å². The van der Waals surface area contributed by atoms with Crippen molar-refractivity contribution in [1.82, 2.24) is 5.32 Å². The molecule has 0 spiro atoms. The molecule has 2 aromatic rings. The van der Waals surface area contributed by atoms with Gasteiger partial charge in [-0.05, 0) is 23.3 Å². The van der Waals surface area contributed by atoms with Gasteiger partial charge >= 0.3 is 0 Å². The van der Waals surface area contributed by atoms with Gasteiger partial charge in [0.2, 0.25) is 0 Å². The number of nitrogens with one attached hydrogen (secondary N) is 1. The number of halogens is 1. The molecule has 112 valence electrons. The minimum Gasteiger partial charge on any atom is -0.391 e. The van der Waals surface area contributed by atoms with Crippen LogP contribution in [0.3, 0.4) is 0 Å². The van der Waals surface area contributed by atoms with Gasteiger partial charge in [-0.2, -0.15) is 0 Å². The van der Waals surface area contributed by atoms with Crippen molar-refractivity contribution < 1.29 is 5.11 Å². The van der Waals surface area contributed by atoms with Gasteiger partial charge in [0.1, 0.15) is 0 Å². The lowest BCUT2D eigenvalue weighted by atomic mass is 9.86. The maximum atomic E-state index is 10.7. The molecule has 0 heterocycles. The monoisotopic (exact) mass is 303 g/mol. The Morgan fingerprint density at radius 3 is 2.29 bits per heavy atom. The Bertz CT molecular complexity index is 556. The minimum atomic E-state index is -0.506. The normalized spacial score (nSPS) is 14.1. The Morgan fingerprint density at radius 1 is 1.00 bits per heavy atom. The van der Waals surface area contributed by atoms with E-state index < -0.39 is 6.10 Å². The van der Waals surface area contributed by atoms with E-state index in [2.05, 4.69) is 19.2 Å². The van der Waals surface area contributed by atoms with Crippen LogP contribution in [0.4, 0.5) is 0 Å². The van der Waals surface area contributed by atoms with Gasteiger partial charge in [-0.1, -0.05) is 67.9 Å². The van der Waals surface area contributed by atoms with Crippen LogP contribution in [-0.4, -0.2) is 23.8 Å². The number of benzene rings is 2. The SMILES string of the molecule is CC(C)NCC(O)C(c1ccccc1)c1cccc(Cl)c1. The standard InChI is InChI=1S/C18H22ClNO/c1-13(2)20-12-17(21)18(14-7-4-3-5-8-14)15-9-6-10-16(19)11-15/h3-11,13,17-18,20-21H,12H2,1-2H3. The van der Waals surface area contributed by atoms with Crippen molar-refractivity contribution in [3.05, 3.63) is 70.7 Å². The zero-order valence-electron chi connectivity index (χ0n) is 12.5. The number of hydrogen-bond donors (Lipinski definition) is 2. The molecule has 0 saturated heterocycles. The van der Waals surface area contributed by atoms with Gasteiger partial charge in [-0.25, -0.2) is 0 Å². The van der Waals surface area contributed by atoms with Crippen LogP contribution < -0.4 is 5.32 Å². The molecule has 0 aromatic heterocycles. The predicted octanol–water partition coefficient (Wildman–Crippen LogP) is 3.83. The molecular formula is C18H22ClNO. The van der Waals surface area contributed by atoms with E-state index in [0.717, 1.165) is 11.1 Å². The van der Waals surface area contributed by atoms with Crippen LogP contribution in [-0.2, 0) is 0 Å². The summed E-state index contributed by atoms with van der Waals surface area (Å²) in [6.45, 7) is 4.69. The quantitative estimate of drug-likeness (QED) is 0.850. The fourth-order valence-corrected chi connectivity index (χ4v) is 2.67. The van der Waals surface area contributed by atoms with Crippen molar-refractivity contribution in [2.45, 2.75) is 31.9 Å². The van der Waals surface area contributed by atoms with E-state index in [0.29, 0.717) is 17.6 Å². The van der Waals surface area contributed by atoms with E-state index in [1.54, 1.807) is 0 Å². The molecule has 0 radical (unpaired) electrons. The highest BCUT2D eigenvalue weighted by Crippen LogP contribution is 2.29. The fraction of sp³-hybridized carbons (Fsp3) is 0.333. The lowest BCUT2D eigenvalue weighted by molar-refractivity contribution is 0.151. The molecule has 2 aromatic carbocycles. The van der Waals surface area contributed by atoms with Gasteiger partial charge in [0, 0.05) is 23.5 Å². The van der Waals surface area contributed by atoms with Crippen LogP contribution in [0, 0.1) is 0 Å². The Labute approximate surface area is 131 Å². The largest absolute Gasteiger partial charge is 0.391 e. The molecule has 2 unspecified atom stereocenters.